The Morgan fingerprint density at radius 2 is 1.86 bits per heavy atom. The van der Waals surface area contributed by atoms with Crippen LogP contribution in [-0.4, -0.2) is 30.0 Å². The predicted octanol–water partition coefficient (Wildman–Crippen LogP) is 2.21. The zero-order chi connectivity index (χ0) is 11.4. The van der Waals surface area contributed by atoms with E-state index in [9.17, 15) is 18.0 Å². The summed E-state index contributed by atoms with van der Waals surface area (Å²) in [6, 6.07) is 0. The lowest BCUT2D eigenvalue weighted by Gasteiger charge is -2.22. The molecule has 0 amide bonds. The number of aliphatic carboxylic acids is 1. The quantitative estimate of drug-likeness (QED) is 0.763. The van der Waals surface area contributed by atoms with Crippen molar-refractivity contribution in [3.05, 3.63) is 0 Å². The molecule has 14 heavy (non-hydrogen) atoms. The SMILES string of the molecule is COC(C)(CCCC(F)(F)F)C(=O)O. The molecule has 0 bridgehead atoms. The van der Waals surface area contributed by atoms with Crippen molar-refractivity contribution in [2.24, 2.45) is 0 Å². The van der Waals surface area contributed by atoms with Gasteiger partial charge in [-0.1, -0.05) is 0 Å². The number of hydrogen-bond donors (Lipinski definition) is 1. The summed E-state index contributed by atoms with van der Waals surface area (Å²) in [4.78, 5) is 10.6. The molecule has 0 aliphatic rings. The minimum Gasteiger partial charge on any atom is -0.479 e. The van der Waals surface area contributed by atoms with Crippen molar-refractivity contribution in [3.63, 3.8) is 0 Å². The normalized spacial score (nSPS) is 16.4. The Labute approximate surface area is 79.9 Å². The third-order valence-electron chi connectivity index (χ3n) is 2.02. The molecule has 0 saturated carbocycles. The van der Waals surface area contributed by atoms with E-state index in [-0.39, 0.29) is 12.8 Å². The van der Waals surface area contributed by atoms with E-state index in [2.05, 4.69) is 4.74 Å². The summed E-state index contributed by atoms with van der Waals surface area (Å²) in [6.45, 7) is 1.26. The van der Waals surface area contributed by atoms with Crippen LogP contribution in [0.4, 0.5) is 13.2 Å². The maximum absolute atomic E-state index is 11.7. The molecule has 6 heteroatoms. The fourth-order valence-corrected chi connectivity index (χ4v) is 0.922. The number of alkyl halides is 3. The van der Waals surface area contributed by atoms with Gasteiger partial charge in [0.05, 0.1) is 0 Å². The first-order chi connectivity index (χ1) is 6.21. The van der Waals surface area contributed by atoms with Crippen LogP contribution in [0.5, 0.6) is 0 Å². The van der Waals surface area contributed by atoms with E-state index >= 15 is 0 Å². The minimum absolute atomic E-state index is 0.154. The number of methoxy groups -OCH3 is 1. The molecule has 0 aromatic carbocycles. The standard InChI is InChI=1S/C8H13F3O3/c1-7(14-2,6(12)13)4-3-5-8(9,10)11/h3-5H2,1-2H3,(H,12,13). The third-order valence-corrected chi connectivity index (χ3v) is 2.02. The van der Waals surface area contributed by atoms with Crippen molar-refractivity contribution in [2.45, 2.75) is 38.0 Å². The number of carboxylic acid groups (broad SMARTS) is 1. The molecule has 1 N–H and O–H groups in total. The number of carboxylic acids is 1. The maximum atomic E-state index is 11.7. The highest BCUT2D eigenvalue weighted by Crippen LogP contribution is 2.26. The monoisotopic (exact) mass is 214 g/mol. The Hall–Kier alpha value is -0.780. The molecular formula is C8H13F3O3. The molecule has 0 aliphatic heterocycles. The van der Waals surface area contributed by atoms with Gasteiger partial charge in [-0.25, -0.2) is 4.79 Å². The number of halogens is 3. The Morgan fingerprint density at radius 3 is 2.14 bits per heavy atom. The minimum atomic E-state index is -4.24. The molecule has 0 spiro atoms. The van der Waals surface area contributed by atoms with Crippen LogP contribution in [0.2, 0.25) is 0 Å². The highest BCUT2D eigenvalue weighted by molar-refractivity contribution is 5.76. The summed E-state index contributed by atoms with van der Waals surface area (Å²) in [6.07, 6.45) is -5.63. The van der Waals surface area contributed by atoms with Crippen molar-refractivity contribution in [3.8, 4) is 0 Å². The molecule has 0 rings (SSSR count). The van der Waals surface area contributed by atoms with Crippen molar-refractivity contribution < 1.29 is 27.8 Å². The van der Waals surface area contributed by atoms with Crippen LogP contribution < -0.4 is 0 Å². The van der Waals surface area contributed by atoms with Gasteiger partial charge in [0.1, 0.15) is 0 Å². The zero-order valence-electron chi connectivity index (χ0n) is 8.02. The molecular weight excluding hydrogens is 201 g/mol. The lowest BCUT2D eigenvalue weighted by Crippen LogP contribution is -2.37. The van der Waals surface area contributed by atoms with Gasteiger partial charge in [-0.15, -0.1) is 0 Å². The molecule has 1 unspecified atom stereocenters. The summed E-state index contributed by atoms with van der Waals surface area (Å²) in [5.74, 6) is -1.25. The van der Waals surface area contributed by atoms with E-state index in [1.807, 2.05) is 0 Å². The van der Waals surface area contributed by atoms with Crippen molar-refractivity contribution >= 4 is 5.97 Å². The van der Waals surface area contributed by atoms with Gasteiger partial charge in [-0.2, -0.15) is 13.2 Å². The van der Waals surface area contributed by atoms with Crippen LogP contribution in [0.1, 0.15) is 26.2 Å². The highest BCUT2D eigenvalue weighted by Gasteiger charge is 2.34. The summed E-state index contributed by atoms with van der Waals surface area (Å²) in [5.41, 5.74) is -1.52. The van der Waals surface area contributed by atoms with Gasteiger partial charge in [-0.05, 0) is 19.8 Å². The first kappa shape index (κ1) is 13.2. The first-order valence-electron chi connectivity index (χ1n) is 4.06. The molecule has 0 radical (unpaired) electrons. The second-order valence-corrected chi connectivity index (χ2v) is 3.21. The first-order valence-corrected chi connectivity index (χ1v) is 4.06. The number of rotatable bonds is 5. The second kappa shape index (κ2) is 4.63. The zero-order valence-corrected chi connectivity index (χ0v) is 8.02. The van der Waals surface area contributed by atoms with E-state index in [1.54, 1.807) is 0 Å². The molecule has 0 fully saturated rings. The number of ether oxygens (including phenoxy) is 1. The van der Waals surface area contributed by atoms with Crippen molar-refractivity contribution in [2.75, 3.05) is 7.11 Å². The Bertz CT molecular complexity index is 202. The lowest BCUT2D eigenvalue weighted by atomic mass is 9.99. The van der Waals surface area contributed by atoms with Crippen LogP contribution in [0.15, 0.2) is 0 Å². The average molecular weight is 214 g/mol. The Kier molecular flexibility index (Phi) is 4.38. The summed E-state index contributed by atoms with van der Waals surface area (Å²) in [5, 5.41) is 8.66. The summed E-state index contributed by atoms with van der Waals surface area (Å²) >= 11 is 0. The topological polar surface area (TPSA) is 46.5 Å². The molecule has 0 heterocycles. The summed E-state index contributed by atoms with van der Waals surface area (Å²) in [7, 11) is 1.17. The molecule has 3 nitrogen and oxygen atoms in total. The van der Waals surface area contributed by atoms with Gasteiger partial charge in [0, 0.05) is 13.5 Å². The smallest absolute Gasteiger partial charge is 0.389 e. The van der Waals surface area contributed by atoms with E-state index < -0.39 is 24.2 Å². The van der Waals surface area contributed by atoms with Gasteiger partial charge in [0.2, 0.25) is 0 Å². The molecule has 0 aromatic rings. The number of hydrogen-bond acceptors (Lipinski definition) is 2. The fraction of sp³-hybridized carbons (Fsp3) is 0.875. The molecule has 1 atom stereocenters. The van der Waals surface area contributed by atoms with Crippen LogP contribution in [0.25, 0.3) is 0 Å². The Balaban J connectivity index is 4.04. The van der Waals surface area contributed by atoms with Crippen LogP contribution in [0.3, 0.4) is 0 Å². The molecule has 0 saturated heterocycles. The molecule has 84 valence electrons. The van der Waals surface area contributed by atoms with Gasteiger partial charge < -0.3 is 9.84 Å². The lowest BCUT2D eigenvalue weighted by molar-refractivity contribution is -0.164. The largest absolute Gasteiger partial charge is 0.479 e. The van der Waals surface area contributed by atoms with Crippen LogP contribution >= 0.6 is 0 Å². The van der Waals surface area contributed by atoms with E-state index in [0.29, 0.717) is 0 Å². The van der Waals surface area contributed by atoms with Crippen molar-refractivity contribution in [1.82, 2.24) is 0 Å². The molecule has 0 aromatic heterocycles. The van der Waals surface area contributed by atoms with Gasteiger partial charge in [0.15, 0.2) is 5.60 Å². The van der Waals surface area contributed by atoms with E-state index in [4.69, 9.17) is 5.11 Å². The van der Waals surface area contributed by atoms with E-state index in [1.165, 1.54) is 14.0 Å². The van der Waals surface area contributed by atoms with E-state index in [0.717, 1.165) is 0 Å². The number of carbonyl (C=O) groups is 1. The third kappa shape index (κ3) is 4.45. The summed E-state index contributed by atoms with van der Waals surface area (Å²) < 4.78 is 39.9. The van der Waals surface area contributed by atoms with Crippen molar-refractivity contribution in [1.29, 1.82) is 0 Å². The maximum Gasteiger partial charge on any atom is 0.389 e. The average Bonchev–Trinajstić information content (AvgIpc) is 2.01. The molecule has 0 aliphatic carbocycles. The van der Waals surface area contributed by atoms with Gasteiger partial charge >= 0.3 is 12.1 Å². The predicted molar refractivity (Wildman–Crippen MR) is 43.0 cm³/mol. The van der Waals surface area contributed by atoms with Crippen LogP contribution in [-0.2, 0) is 9.53 Å². The van der Waals surface area contributed by atoms with Crippen LogP contribution in [0, 0.1) is 0 Å². The fourth-order valence-electron chi connectivity index (χ4n) is 0.922. The highest BCUT2D eigenvalue weighted by atomic mass is 19.4. The second-order valence-electron chi connectivity index (χ2n) is 3.21. The Morgan fingerprint density at radius 1 is 1.36 bits per heavy atom. The van der Waals surface area contributed by atoms with Gasteiger partial charge in [-0.3, -0.25) is 0 Å². The van der Waals surface area contributed by atoms with Gasteiger partial charge in [0.25, 0.3) is 0 Å².